The normalized spacial score (nSPS) is 12.2. The zero-order chi connectivity index (χ0) is 17.5. The largest absolute Gasteiger partial charge is 0.348 e. The number of amides is 1. The number of rotatable bonds is 8. The minimum absolute atomic E-state index is 0.00308. The molecule has 130 valence electrons. The number of unbranched alkanes of at least 4 members (excludes halogenated alkanes) is 1. The molecule has 0 saturated heterocycles. The maximum Gasteiger partial charge on any atom is 0.255 e. The van der Waals surface area contributed by atoms with E-state index >= 15 is 0 Å². The third kappa shape index (κ3) is 4.36. The number of carbonyl (C=O) groups is 1. The molecule has 1 aromatic carbocycles. The smallest absolute Gasteiger partial charge is 0.255 e. The monoisotopic (exact) mass is 348 g/mol. The number of halogens is 1. The third-order valence-electron chi connectivity index (χ3n) is 4.03. The van der Waals surface area contributed by atoms with Gasteiger partial charge in [0, 0.05) is 17.6 Å². The topological polar surface area (TPSA) is 72.9 Å². The Bertz CT molecular complexity index is 683. The van der Waals surface area contributed by atoms with Crippen molar-refractivity contribution in [3.63, 3.8) is 0 Å². The molecule has 0 aliphatic heterocycles. The van der Waals surface area contributed by atoms with E-state index in [-0.39, 0.29) is 11.9 Å². The number of carbonyl (C=O) groups excluding carboxylic acids is 1. The van der Waals surface area contributed by atoms with Gasteiger partial charge in [0.1, 0.15) is 0 Å². The van der Waals surface area contributed by atoms with Crippen LogP contribution in [0.15, 0.2) is 30.5 Å². The van der Waals surface area contributed by atoms with Crippen molar-refractivity contribution in [3.8, 4) is 5.69 Å². The Morgan fingerprint density at radius 2 is 2.21 bits per heavy atom. The molecular weight excluding hydrogens is 324 g/mol. The molecule has 0 saturated carbocycles. The van der Waals surface area contributed by atoms with Gasteiger partial charge in [0.25, 0.3) is 5.91 Å². The molecule has 0 aliphatic carbocycles. The molecular formula is C18H25ClN4O. The zero-order valence-electron chi connectivity index (χ0n) is 14.3. The third-order valence-corrected chi connectivity index (χ3v) is 4.26. The first-order valence-electron chi connectivity index (χ1n) is 8.44. The van der Waals surface area contributed by atoms with Crippen LogP contribution in [0.3, 0.4) is 0 Å². The summed E-state index contributed by atoms with van der Waals surface area (Å²) in [5.41, 5.74) is 8.07. The number of benzene rings is 1. The van der Waals surface area contributed by atoms with Crippen molar-refractivity contribution >= 4 is 17.5 Å². The first-order chi connectivity index (χ1) is 11.6. The SMILES string of the molecule is CCCCC(CN)NC(=O)c1cnn(-c2cccc(Cl)c2)c1CC. The average molecular weight is 349 g/mol. The van der Waals surface area contributed by atoms with Gasteiger partial charge >= 0.3 is 0 Å². The number of aromatic nitrogens is 2. The molecule has 5 nitrogen and oxygen atoms in total. The number of nitrogens with one attached hydrogen (secondary N) is 1. The van der Waals surface area contributed by atoms with Gasteiger partial charge in [0.15, 0.2) is 0 Å². The highest BCUT2D eigenvalue weighted by molar-refractivity contribution is 6.30. The molecule has 1 amide bonds. The molecule has 1 atom stereocenters. The molecule has 0 spiro atoms. The number of hydrogen-bond donors (Lipinski definition) is 2. The van der Waals surface area contributed by atoms with Crippen molar-refractivity contribution < 1.29 is 4.79 Å². The molecule has 1 heterocycles. The van der Waals surface area contributed by atoms with Gasteiger partial charge in [-0.3, -0.25) is 4.79 Å². The van der Waals surface area contributed by atoms with Crippen molar-refractivity contribution in [2.45, 2.75) is 45.6 Å². The average Bonchev–Trinajstić information content (AvgIpc) is 3.02. The lowest BCUT2D eigenvalue weighted by atomic mass is 10.1. The van der Waals surface area contributed by atoms with Crippen LogP contribution in [0.4, 0.5) is 0 Å². The van der Waals surface area contributed by atoms with Crippen LogP contribution >= 0.6 is 11.6 Å². The van der Waals surface area contributed by atoms with E-state index in [1.54, 1.807) is 10.9 Å². The number of nitrogens with zero attached hydrogens (tertiary/aromatic N) is 2. The molecule has 0 aliphatic rings. The lowest BCUT2D eigenvalue weighted by molar-refractivity contribution is 0.0935. The first-order valence-corrected chi connectivity index (χ1v) is 8.82. The highest BCUT2D eigenvalue weighted by Gasteiger charge is 2.19. The molecule has 1 aromatic heterocycles. The number of hydrogen-bond acceptors (Lipinski definition) is 3. The van der Waals surface area contributed by atoms with Crippen LogP contribution in [0.5, 0.6) is 0 Å². The minimum Gasteiger partial charge on any atom is -0.348 e. The molecule has 6 heteroatoms. The highest BCUT2D eigenvalue weighted by atomic mass is 35.5. The Kier molecular flexibility index (Phi) is 6.82. The van der Waals surface area contributed by atoms with Gasteiger partial charge in [-0.15, -0.1) is 0 Å². The highest BCUT2D eigenvalue weighted by Crippen LogP contribution is 2.19. The van der Waals surface area contributed by atoms with E-state index < -0.39 is 0 Å². The van der Waals surface area contributed by atoms with Gasteiger partial charge in [0.05, 0.1) is 23.1 Å². The summed E-state index contributed by atoms with van der Waals surface area (Å²) in [5.74, 6) is -0.119. The van der Waals surface area contributed by atoms with E-state index in [1.807, 2.05) is 31.2 Å². The second kappa shape index (κ2) is 8.85. The Morgan fingerprint density at radius 3 is 2.83 bits per heavy atom. The van der Waals surface area contributed by atoms with Crippen LogP contribution in [-0.2, 0) is 6.42 Å². The van der Waals surface area contributed by atoms with Crippen molar-refractivity contribution in [2.75, 3.05) is 6.54 Å². The van der Waals surface area contributed by atoms with Gasteiger partial charge in [-0.2, -0.15) is 5.10 Å². The maximum absolute atomic E-state index is 12.6. The summed E-state index contributed by atoms with van der Waals surface area (Å²) in [5, 5.41) is 8.04. The van der Waals surface area contributed by atoms with Gasteiger partial charge in [-0.1, -0.05) is 44.4 Å². The van der Waals surface area contributed by atoms with E-state index in [0.29, 0.717) is 23.6 Å². The Labute approximate surface area is 148 Å². The summed E-state index contributed by atoms with van der Waals surface area (Å²) in [4.78, 5) is 12.6. The fourth-order valence-electron chi connectivity index (χ4n) is 2.70. The lowest BCUT2D eigenvalue weighted by Gasteiger charge is -2.16. The molecule has 2 aromatic rings. The summed E-state index contributed by atoms with van der Waals surface area (Å²) >= 11 is 6.06. The standard InChI is InChI=1S/C18H25ClN4O/c1-3-5-8-14(11-20)22-18(24)16-12-21-23(17(16)4-2)15-9-6-7-13(19)10-15/h6-7,9-10,12,14H,3-5,8,11,20H2,1-2H3,(H,22,24). The Morgan fingerprint density at radius 1 is 1.42 bits per heavy atom. The van der Waals surface area contributed by atoms with Crippen LogP contribution < -0.4 is 11.1 Å². The summed E-state index contributed by atoms with van der Waals surface area (Å²) in [7, 11) is 0. The molecule has 3 N–H and O–H groups in total. The van der Waals surface area contributed by atoms with Crippen LogP contribution in [0.1, 0.15) is 49.2 Å². The van der Waals surface area contributed by atoms with Crippen LogP contribution in [0.2, 0.25) is 5.02 Å². The molecule has 24 heavy (non-hydrogen) atoms. The molecule has 0 fully saturated rings. The van der Waals surface area contributed by atoms with Gasteiger partial charge in [-0.25, -0.2) is 4.68 Å². The summed E-state index contributed by atoms with van der Waals surface area (Å²) in [6.45, 7) is 4.57. The second-order valence-electron chi connectivity index (χ2n) is 5.80. The molecule has 2 rings (SSSR count). The Balaban J connectivity index is 2.23. The maximum atomic E-state index is 12.6. The Hall–Kier alpha value is -1.85. The van der Waals surface area contributed by atoms with E-state index in [1.165, 1.54) is 0 Å². The van der Waals surface area contributed by atoms with Crippen molar-refractivity contribution in [2.24, 2.45) is 5.73 Å². The van der Waals surface area contributed by atoms with E-state index in [9.17, 15) is 4.79 Å². The van der Waals surface area contributed by atoms with Gasteiger partial charge in [0.2, 0.25) is 0 Å². The fraction of sp³-hybridized carbons (Fsp3) is 0.444. The van der Waals surface area contributed by atoms with Crippen LogP contribution in [0, 0.1) is 0 Å². The second-order valence-corrected chi connectivity index (χ2v) is 6.23. The minimum atomic E-state index is -0.119. The summed E-state index contributed by atoms with van der Waals surface area (Å²) in [6.07, 6.45) is 5.33. The fourth-order valence-corrected chi connectivity index (χ4v) is 2.88. The van der Waals surface area contributed by atoms with Crippen molar-refractivity contribution in [1.82, 2.24) is 15.1 Å². The molecule has 1 unspecified atom stereocenters. The summed E-state index contributed by atoms with van der Waals surface area (Å²) in [6, 6.07) is 7.43. The lowest BCUT2D eigenvalue weighted by Crippen LogP contribution is -2.40. The van der Waals surface area contributed by atoms with Crippen LogP contribution in [-0.4, -0.2) is 28.3 Å². The van der Waals surface area contributed by atoms with Crippen molar-refractivity contribution in [1.29, 1.82) is 0 Å². The molecule has 0 bridgehead atoms. The number of nitrogens with two attached hydrogens (primary N) is 1. The first kappa shape index (κ1) is 18.5. The quantitative estimate of drug-likeness (QED) is 0.768. The van der Waals surface area contributed by atoms with Gasteiger partial charge in [-0.05, 0) is 31.0 Å². The van der Waals surface area contributed by atoms with Crippen LogP contribution in [0.25, 0.3) is 5.69 Å². The molecule has 0 radical (unpaired) electrons. The van der Waals surface area contributed by atoms with Gasteiger partial charge < -0.3 is 11.1 Å². The van der Waals surface area contributed by atoms with E-state index in [4.69, 9.17) is 17.3 Å². The predicted molar refractivity (Wildman–Crippen MR) is 97.8 cm³/mol. The summed E-state index contributed by atoms with van der Waals surface area (Å²) < 4.78 is 1.77. The predicted octanol–water partition coefficient (Wildman–Crippen LogP) is 3.34. The van der Waals surface area contributed by atoms with Crippen molar-refractivity contribution in [3.05, 3.63) is 46.7 Å². The zero-order valence-corrected chi connectivity index (χ0v) is 15.0. The van der Waals surface area contributed by atoms with E-state index in [2.05, 4.69) is 17.3 Å². The van der Waals surface area contributed by atoms with E-state index in [0.717, 1.165) is 30.6 Å².